The van der Waals surface area contributed by atoms with Gasteiger partial charge in [-0.05, 0) is 87.0 Å². The standard InChI is InChI=1S/C32H38F2N4O3/c1-2-4-21-6-7-22(17-21)12-14-35-32(41)26-20-38(28-10-8-24(33)18-27(28)34)31-25(30(26)40)9-11-29(36-31)37-15-3-5-23(19-37)13-16-39/h2,8-11,18,20-23,39H,1,3-7,12-17,19H2,(H,35,41). The minimum absolute atomic E-state index is 0.00822. The second kappa shape index (κ2) is 12.9. The lowest BCUT2D eigenvalue weighted by Gasteiger charge is -2.33. The van der Waals surface area contributed by atoms with Crippen molar-refractivity contribution in [3.05, 3.63) is 76.6 Å². The number of allylic oxidation sites excluding steroid dienone is 1. The van der Waals surface area contributed by atoms with Crippen molar-refractivity contribution in [1.82, 2.24) is 14.9 Å². The SMILES string of the molecule is C=CCC1CCC(CCNC(=O)c2cn(-c3ccc(F)cc3F)c3nc(N4CCCC(CCO)C4)ccc3c2=O)C1. The molecule has 3 unspecified atom stereocenters. The molecule has 2 aromatic heterocycles. The highest BCUT2D eigenvalue weighted by atomic mass is 19.1. The number of nitrogens with one attached hydrogen (secondary N) is 1. The van der Waals surface area contributed by atoms with Gasteiger partial charge in [0.2, 0.25) is 5.43 Å². The number of fused-ring (bicyclic) bond motifs is 1. The van der Waals surface area contributed by atoms with Crippen LogP contribution in [0.5, 0.6) is 0 Å². The molecule has 3 atom stereocenters. The molecule has 0 bridgehead atoms. The van der Waals surface area contributed by atoms with Crippen LogP contribution in [0.15, 0.2) is 54.0 Å². The van der Waals surface area contributed by atoms with Crippen molar-refractivity contribution >= 4 is 22.8 Å². The first kappa shape index (κ1) is 28.9. The average molecular weight is 565 g/mol. The summed E-state index contributed by atoms with van der Waals surface area (Å²) in [4.78, 5) is 33.6. The summed E-state index contributed by atoms with van der Waals surface area (Å²) in [6.45, 7) is 5.87. The first-order valence-electron chi connectivity index (χ1n) is 14.6. The largest absolute Gasteiger partial charge is 0.396 e. The molecule has 3 heterocycles. The number of hydrogen-bond donors (Lipinski definition) is 2. The maximum Gasteiger partial charge on any atom is 0.256 e. The molecular weight excluding hydrogens is 526 g/mol. The van der Waals surface area contributed by atoms with Gasteiger partial charge in [0.05, 0.1) is 11.1 Å². The molecule has 41 heavy (non-hydrogen) atoms. The third-order valence-corrected chi connectivity index (χ3v) is 8.62. The van der Waals surface area contributed by atoms with Gasteiger partial charge < -0.3 is 15.3 Å². The highest BCUT2D eigenvalue weighted by molar-refractivity contribution is 5.97. The van der Waals surface area contributed by atoms with Crippen LogP contribution in [0.2, 0.25) is 0 Å². The molecule has 2 aliphatic rings. The second-order valence-electron chi connectivity index (χ2n) is 11.5. The first-order valence-corrected chi connectivity index (χ1v) is 14.6. The van der Waals surface area contributed by atoms with E-state index in [0.29, 0.717) is 43.1 Å². The Bertz CT molecular complexity index is 1470. The molecule has 218 valence electrons. The number of nitrogens with zero attached hydrogens (tertiary/aromatic N) is 3. The Morgan fingerprint density at radius 2 is 1.95 bits per heavy atom. The Labute approximate surface area is 238 Å². The predicted octanol–water partition coefficient (Wildman–Crippen LogP) is 5.38. The zero-order valence-corrected chi connectivity index (χ0v) is 23.3. The van der Waals surface area contributed by atoms with Crippen LogP contribution in [0.25, 0.3) is 16.7 Å². The molecule has 2 N–H and O–H groups in total. The highest BCUT2D eigenvalue weighted by Crippen LogP contribution is 2.35. The third-order valence-electron chi connectivity index (χ3n) is 8.62. The van der Waals surface area contributed by atoms with Gasteiger partial charge in [-0.25, -0.2) is 13.8 Å². The molecule has 0 radical (unpaired) electrons. The van der Waals surface area contributed by atoms with Crippen molar-refractivity contribution in [1.29, 1.82) is 0 Å². The molecule has 7 nitrogen and oxygen atoms in total. The molecule has 1 aliphatic carbocycles. The molecule has 1 aromatic carbocycles. The third kappa shape index (κ3) is 6.50. The van der Waals surface area contributed by atoms with Crippen LogP contribution >= 0.6 is 0 Å². The fraction of sp³-hybridized carbons (Fsp3) is 0.469. The Hall–Kier alpha value is -3.59. The van der Waals surface area contributed by atoms with Crippen LogP contribution in [0.1, 0.15) is 61.7 Å². The zero-order valence-electron chi connectivity index (χ0n) is 23.3. The molecule has 1 amide bonds. The summed E-state index contributed by atoms with van der Waals surface area (Å²) >= 11 is 0. The van der Waals surface area contributed by atoms with Gasteiger partial charge in [0.1, 0.15) is 23.0 Å². The Morgan fingerprint density at radius 3 is 2.73 bits per heavy atom. The molecule has 9 heteroatoms. The van der Waals surface area contributed by atoms with Gasteiger partial charge in [-0.15, -0.1) is 6.58 Å². The summed E-state index contributed by atoms with van der Waals surface area (Å²) in [5.41, 5.74) is -0.420. The fourth-order valence-corrected chi connectivity index (χ4v) is 6.46. The van der Waals surface area contributed by atoms with E-state index in [1.807, 2.05) is 6.08 Å². The topological polar surface area (TPSA) is 87.5 Å². The van der Waals surface area contributed by atoms with Crippen LogP contribution in [-0.4, -0.2) is 46.8 Å². The normalized spacial score (nSPS) is 20.9. The molecule has 5 rings (SSSR count). The number of rotatable bonds is 10. The summed E-state index contributed by atoms with van der Waals surface area (Å²) in [7, 11) is 0. The molecule has 1 aliphatic heterocycles. The van der Waals surface area contributed by atoms with E-state index in [0.717, 1.165) is 63.6 Å². The molecule has 3 aromatic rings. The van der Waals surface area contributed by atoms with E-state index in [9.17, 15) is 19.1 Å². The summed E-state index contributed by atoms with van der Waals surface area (Å²) < 4.78 is 30.2. The minimum Gasteiger partial charge on any atom is -0.396 e. The van der Waals surface area contributed by atoms with Crippen LogP contribution < -0.4 is 15.6 Å². The van der Waals surface area contributed by atoms with Crippen LogP contribution in [0, 0.1) is 29.4 Å². The lowest BCUT2D eigenvalue weighted by atomic mass is 9.95. The Morgan fingerprint density at radius 1 is 1.12 bits per heavy atom. The van der Waals surface area contributed by atoms with Crippen molar-refractivity contribution < 1.29 is 18.7 Å². The van der Waals surface area contributed by atoms with E-state index in [2.05, 4.69) is 16.8 Å². The molecule has 1 saturated carbocycles. The molecule has 1 saturated heterocycles. The molecule has 2 fully saturated rings. The summed E-state index contributed by atoms with van der Waals surface area (Å²) in [6, 6.07) is 6.56. The number of pyridine rings is 2. The van der Waals surface area contributed by atoms with E-state index in [1.165, 1.54) is 16.8 Å². The number of aliphatic hydroxyl groups is 1. The predicted molar refractivity (Wildman–Crippen MR) is 156 cm³/mol. The van der Waals surface area contributed by atoms with Gasteiger partial charge >= 0.3 is 0 Å². The zero-order chi connectivity index (χ0) is 28.9. The lowest BCUT2D eigenvalue weighted by molar-refractivity contribution is 0.0950. The minimum atomic E-state index is -0.829. The van der Waals surface area contributed by atoms with Gasteiger partial charge in [0.25, 0.3) is 5.91 Å². The number of anilines is 1. The van der Waals surface area contributed by atoms with Crippen LogP contribution in [-0.2, 0) is 0 Å². The second-order valence-corrected chi connectivity index (χ2v) is 11.5. The van der Waals surface area contributed by atoms with Gasteiger partial charge in [-0.1, -0.05) is 12.5 Å². The van der Waals surface area contributed by atoms with Gasteiger partial charge in [-0.3, -0.25) is 14.2 Å². The number of piperidine rings is 1. The van der Waals surface area contributed by atoms with Crippen molar-refractivity contribution in [3.63, 3.8) is 0 Å². The molecule has 0 spiro atoms. The van der Waals surface area contributed by atoms with E-state index in [-0.39, 0.29) is 28.9 Å². The van der Waals surface area contributed by atoms with Crippen LogP contribution in [0.3, 0.4) is 0 Å². The first-order chi connectivity index (χ1) is 19.9. The van der Waals surface area contributed by atoms with Crippen molar-refractivity contribution in [2.24, 2.45) is 17.8 Å². The smallest absolute Gasteiger partial charge is 0.256 e. The number of aromatic nitrogens is 2. The van der Waals surface area contributed by atoms with Crippen molar-refractivity contribution in [2.45, 2.75) is 51.4 Å². The number of carbonyl (C=O) groups excluding carboxylic acids is 1. The Kier molecular flexibility index (Phi) is 9.12. The number of halogens is 2. The lowest BCUT2D eigenvalue weighted by Crippen LogP contribution is -2.36. The van der Waals surface area contributed by atoms with E-state index in [1.54, 1.807) is 12.1 Å². The van der Waals surface area contributed by atoms with Gasteiger partial charge in [0.15, 0.2) is 5.65 Å². The number of aliphatic hydroxyl groups excluding tert-OH is 1. The summed E-state index contributed by atoms with van der Waals surface area (Å²) in [6.07, 6.45) is 11.2. The fourth-order valence-electron chi connectivity index (χ4n) is 6.46. The number of benzene rings is 1. The number of amides is 1. The van der Waals surface area contributed by atoms with Gasteiger partial charge in [-0.2, -0.15) is 0 Å². The number of carbonyl (C=O) groups is 1. The van der Waals surface area contributed by atoms with Gasteiger partial charge in [0, 0.05) is 38.5 Å². The van der Waals surface area contributed by atoms with Crippen molar-refractivity contribution in [2.75, 3.05) is 31.1 Å². The number of hydrogen-bond acceptors (Lipinski definition) is 5. The van der Waals surface area contributed by atoms with E-state index >= 15 is 4.39 Å². The maximum absolute atomic E-state index is 15.0. The van der Waals surface area contributed by atoms with Crippen LogP contribution in [0.4, 0.5) is 14.6 Å². The van der Waals surface area contributed by atoms with E-state index < -0.39 is 23.0 Å². The Balaban J connectivity index is 1.46. The highest BCUT2D eigenvalue weighted by Gasteiger charge is 2.25. The monoisotopic (exact) mass is 564 g/mol. The van der Waals surface area contributed by atoms with E-state index in [4.69, 9.17) is 4.98 Å². The van der Waals surface area contributed by atoms with Crippen molar-refractivity contribution in [3.8, 4) is 5.69 Å². The maximum atomic E-state index is 15.0. The summed E-state index contributed by atoms with van der Waals surface area (Å²) in [5, 5.41) is 12.5. The quantitative estimate of drug-likeness (QED) is 0.323. The average Bonchev–Trinajstić information content (AvgIpc) is 3.41. The molecular formula is C32H38F2N4O3. The summed E-state index contributed by atoms with van der Waals surface area (Å²) in [5.74, 6) is 0.0374.